The van der Waals surface area contributed by atoms with Crippen LogP contribution in [0.4, 0.5) is 13.2 Å². The first-order valence-electron chi connectivity index (χ1n) is 10.1. The van der Waals surface area contributed by atoms with E-state index in [0.717, 1.165) is 12.0 Å². The van der Waals surface area contributed by atoms with Crippen molar-refractivity contribution in [3.8, 4) is 11.4 Å². The van der Waals surface area contributed by atoms with Crippen molar-refractivity contribution in [1.82, 2.24) is 15.1 Å². The van der Waals surface area contributed by atoms with Crippen molar-refractivity contribution < 1.29 is 22.7 Å². The Kier molecular flexibility index (Phi) is 7.22. The Morgan fingerprint density at radius 3 is 2.28 bits per heavy atom. The summed E-state index contributed by atoms with van der Waals surface area (Å²) in [4.78, 5) is 12.6. The van der Waals surface area contributed by atoms with Crippen molar-refractivity contribution in [3.63, 3.8) is 0 Å². The summed E-state index contributed by atoms with van der Waals surface area (Å²) >= 11 is 0. The molecule has 2 aromatic carbocycles. The third-order valence-electron chi connectivity index (χ3n) is 4.93. The summed E-state index contributed by atoms with van der Waals surface area (Å²) < 4.78 is 47.1. The summed E-state index contributed by atoms with van der Waals surface area (Å²) in [7, 11) is 1.51. The zero-order valence-electron chi connectivity index (χ0n) is 18.1. The van der Waals surface area contributed by atoms with Crippen LogP contribution in [-0.2, 0) is 11.0 Å². The number of aromatic nitrogens is 2. The molecule has 0 saturated carbocycles. The van der Waals surface area contributed by atoms with E-state index in [2.05, 4.69) is 10.4 Å². The molecule has 1 aromatic heterocycles. The van der Waals surface area contributed by atoms with E-state index in [9.17, 15) is 18.0 Å². The molecule has 3 aromatic rings. The van der Waals surface area contributed by atoms with E-state index >= 15 is 0 Å². The molecule has 8 heteroatoms. The maximum atomic E-state index is 13.6. The van der Waals surface area contributed by atoms with Gasteiger partial charge in [-0.25, -0.2) is 4.68 Å². The summed E-state index contributed by atoms with van der Waals surface area (Å²) in [5, 5.41) is 6.73. The molecule has 0 bridgehead atoms. The molecule has 0 fully saturated rings. The molecule has 169 valence electrons. The van der Waals surface area contributed by atoms with Crippen LogP contribution in [0.2, 0.25) is 0 Å². The predicted octanol–water partition coefficient (Wildman–Crippen LogP) is 5.50. The number of nitrogens with zero attached hydrogens (tertiary/aromatic N) is 2. The maximum Gasteiger partial charge on any atom is 0.435 e. The van der Waals surface area contributed by atoms with Crippen molar-refractivity contribution >= 4 is 5.91 Å². The third kappa shape index (κ3) is 5.69. The van der Waals surface area contributed by atoms with E-state index in [-0.39, 0.29) is 18.0 Å². The van der Waals surface area contributed by atoms with Gasteiger partial charge in [-0.05, 0) is 48.2 Å². The van der Waals surface area contributed by atoms with Crippen molar-refractivity contribution in [1.29, 1.82) is 0 Å². The Balaban J connectivity index is 2.09. The molecular weight excluding hydrogens is 419 g/mol. The minimum atomic E-state index is -4.63. The summed E-state index contributed by atoms with van der Waals surface area (Å²) in [5.41, 5.74) is 0.251. The minimum absolute atomic E-state index is 0.208. The average Bonchev–Trinajstić information content (AvgIpc) is 3.22. The number of alkyl halides is 3. The maximum absolute atomic E-state index is 13.6. The Morgan fingerprint density at radius 2 is 1.72 bits per heavy atom. The first kappa shape index (κ1) is 23.4. The van der Waals surface area contributed by atoms with Crippen LogP contribution in [0.3, 0.4) is 0 Å². The van der Waals surface area contributed by atoms with Gasteiger partial charge >= 0.3 is 6.18 Å². The number of carbonyl (C=O) groups excluding carboxylic acids is 1. The Hall–Kier alpha value is -3.29. The van der Waals surface area contributed by atoms with Crippen LogP contribution in [0.1, 0.15) is 49.7 Å². The van der Waals surface area contributed by atoms with Crippen LogP contribution in [0.5, 0.6) is 5.75 Å². The standard InChI is InChI=1S/C24H25F3N3O2/c1-16(2)9-14-22(31)28-23(17-7-5-4-6-8-17)20-15-21(24(25,26)27)29-30(20)18-10-12-19(32-3)13-11-18/h4-8,10-13,15,23H,9,14H2,1-3H3,(H,28,31). The van der Waals surface area contributed by atoms with E-state index < -0.39 is 17.9 Å². The number of hydrogen-bond acceptors (Lipinski definition) is 3. The topological polar surface area (TPSA) is 56.1 Å². The number of benzene rings is 2. The molecule has 32 heavy (non-hydrogen) atoms. The highest BCUT2D eigenvalue weighted by Crippen LogP contribution is 2.33. The van der Waals surface area contributed by atoms with Crippen LogP contribution >= 0.6 is 0 Å². The largest absolute Gasteiger partial charge is 0.497 e. The van der Waals surface area contributed by atoms with E-state index in [1.165, 1.54) is 11.8 Å². The summed E-state index contributed by atoms with van der Waals surface area (Å²) in [6.07, 6.45) is -3.79. The van der Waals surface area contributed by atoms with Gasteiger partial charge in [0.25, 0.3) is 0 Å². The van der Waals surface area contributed by atoms with Gasteiger partial charge in [0.2, 0.25) is 5.91 Å². The number of rotatable bonds is 8. The number of methoxy groups -OCH3 is 1. The number of halogens is 3. The molecule has 0 aliphatic carbocycles. The molecule has 1 atom stereocenters. The second kappa shape index (κ2) is 9.89. The SMILES string of the molecule is COc1ccc(-n2nc(C(F)(F)F)cc2C(NC(=O)CC[C](C)C)c2ccccc2)cc1. The molecule has 0 aliphatic heterocycles. The van der Waals surface area contributed by atoms with E-state index in [4.69, 9.17) is 4.74 Å². The number of hydrogen-bond donors (Lipinski definition) is 1. The molecule has 0 saturated heterocycles. The lowest BCUT2D eigenvalue weighted by Crippen LogP contribution is -2.30. The Morgan fingerprint density at radius 1 is 1.06 bits per heavy atom. The molecule has 1 N–H and O–H groups in total. The molecule has 1 radical (unpaired) electrons. The van der Waals surface area contributed by atoms with E-state index in [1.807, 2.05) is 13.8 Å². The minimum Gasteiger partial charge on any atom is -0.497 e. The molecule has 1 amide bonds. The lowest BCUT2D eigenvalue weighted by molar-refractivity contribution is -0.141. The van der Waals surface area contributed by atoms with E-state index in [0.29, 0.717) is 23.4 Å². The second-order valence-corrected chi connectivity index (χ2v) is 7.68. The number of nitrogens with one attached hydrogen (secondary N) is 1. The van der Waals surface area contributed by atoms with Crippen LogP contribution in [0, 0.1) is 5.92 Å². The fraction of sp³-hybridized carbons (Fsp3) is 0.292. The predicted molar refractivity (Wildman–Crippen MR) is 115 cm³/mol. The van der Waals surface area contributed by atoms with Gasteiger partial charge in [0.1, 0.15) is 5.75 Å². The molecule has 0 spiro atoms. The second-order valence-electron chi connectivity index (χ2n) is 7.68. The Bertz CT molecular complexity index is 1030. The monoisotopic (exact) mass is 444 g/mol. The molecule has 3 rings (SSSR count). The number of amides is 1. The first-order chi connectivity index (χ1) is 15.2. The number of ether oxygens (including phenoxy) is 1. The van der Waals surface area contributed by atoms with Crippen molar-refractivity contribution in [2.24, 2.45) is 0 Å². The van der Waals surface area contributed by atoms with Crippen LogP contribution in [0.15, 0.2) is 60.7 Å². The van der Waals surface area contributed by atoms with Crippen LogP contribution in [-0.4, -0.2) is 22.8 Å². The molecular formula is C24H25F3N3O2. The third-order valence-corrected chi connectivity index (χ3v) is 4.93. The lowest BCUT2D eigenvalue weighted by Gasteiger charge is -2.21. The Labute approximate surface area is 185 Å². The molecule has 1 unspecified atom stereocenters. The van der Waals surface area contributed by atoms with Gasteiger partial charge in [-0.1, -0.05) is 44.2 Å². The normalized spacial score (nSPS) is 12.6. The zero-order valence-corrected chi connectivity index (χ0v) is 18.1. The van der Waals surface area contributed by atoms with Gasteiger partial charge in [0.15, 0.2) is 5.69 Å². The van der Waals surface area contributed by atoms with Crippen molar-refractivity contribution in [2.45, 2.75) is 38.9 Å². The van der Waals surface area contributed by atoms with Gasteiger partial charge in [0, 0.05) is 6.42 Å². The van der Waals surface area contributed by atoms with Gasteiger partial charge in [-0.15, -0.1) is 0 Å². The van der Waals surface area contributed by atoms with Crippen molar-refractivity contribution in [2.75, 3.05) is 7.11 Å². The van der Waals surface area contributed by atoms with Gasteiger partial charge in [-0.2, -0.15) is 18.3 Å². The zero-order chi connectivity index (χ0) is 23.3. The summed E-state index contributed by atoms with van der Waals surface area (Å²) in [5.74, 6) is 1.41. The van der Waals surface area contributed by atoms with Crippen molar-refractivity contribution in [3.05, 3.63) is 83.5 Å². The molecule has 5 nitrogen and oxygen atoms in total. The number of carbonyl (C=O) groups is 1. The van der Waals surface area contributed by atoms with Crippen LogP contribution < -0.4 is 10.1 Å². The van der Waals surface area contributed by atoms with Crippen LogP contribution in [0.25, 0.3) is 5.69 Å². The highest BCUT2D eigenvalue weighted by Gasteiger charge is 2.36. The van der Waals surface area contributed by atoms with E-state index in [1.54, 1.807) is 54.6 Å². The summed E-state index contributed by atoms with van der Waals surface area (Å²) in [6.45, 7) is 3.85. The van der Waals surface area contributed by atoms with Gasteiger partial charge in [-0.3, -0.25) is 4.79 Å². The average molecular weight is 444 g/mol. The highest BCUT2D eigenvalue weighted by atomic mass is 19.4. The fourth-order valence-electron chi connectivity index (χ4n) is 3.24. The smallest absolute Gasteiger partial charge is 0.435 e. The summed E-state index contributed by atoms with van der Waals surface area (Å²) in [6, 6.07) is 15.6. The van der Waals surface area contributed by atoms with Gasteiger partial charge < -0.3 is 10.1 Å². The highest BCUT2D eigenvalue weighted by molar-refractivity contribution is 5.77. The lowest BCUT2D eigenvalue weighted by atomic mass is 10.0. The first-order valence-corrected chi connectivity index (χ1v) is 10.1. The fourth-order valence-corrected chi connectivity index (χ4v) is 3.24. The molecule has 0 aliphatic rings. The molecule has 1 heterocycles. The quantitative estimate of drug-likeness (QED) is 0.499. The van der Waals surface area contributed by atoms with Gasteiger partial charge in [0.05, 0.1) is 24.5 Å².